The lowest BCUT2D eigenvalue weighted by Gasteiger charge is -2.38. The van der Waals surface area contributed by atoms with Gasteiger partial charge >= 0.3 is 12.2 Å². The zero-order valence-electron chi connectivity index (χ0n) is 11.9. The second-order valence-electron chi connectivity index (χ2n) is 4.99. The lowest BCUT2D eigenvalue weighted by Crippen LogP contribution is -2.54. The highest BCUT2D eigenvalue weighted by Crippen LogP contribution is 2.24. The van der Waals surface area contributed by atoms with E-state index in [1.807, 2.05) is 18.7 Å². The van der Waals surface area contributed by atoms with Gasteiger partial charge in [0.25, 0.3) is 0 Å². The fraction of sp³-hybridized carbons (Fsp3) is 0.917. The molecular formula is C12H21F3N2O2S. The Morgan fingerprint density at radius 2 is 2.15 bits per heavy atom. The molecule has 8 heteroatoms. The lowest BCUT2D eigenvalue weighted by molar-refractivity contribution is -0.174. The molecule has 1 aliphatic rings. The number of amides is 2. The van der Waals surface area contributed by atoms with E-state index in [2.05, 4.69) is 17.0 Å². The van der Waals surface area contributed by atoms with Crippen LogP contribution in [0.5, 0.6) is 0 Å². The van der Waals surface area contributed by atoms with Crippen molar-refractivity contribution in [3.63, 3.8) is 0 Å². The molecule has 0 aromatic rings. The number of thioether (sulfide) groups is 1. The molecule has 0 bridgehead atoms. The molecule has 0 saturated carbocycles. The third-order valence-electron chi connectivity index (χ3n) is 3.15. The Kier molecular flexibility index (Phi) is 6.44. The Morgan fingerprint density at radius 1 is 1.50 bits per heavy atom. The monoisotopic (exact) mass is 314 g/mol. The molecule has 4 nitrogen and oxygen atoms in total. The van der Waals surface area contributed by atoms with Crippen LogP contribution in [-0.4, -0.2) is 60.0 Å². The van der Waals surface area contributed by atoms with E-state index in [1.54, 1.807) is 11.8 Å². The second-order valence-corrected chi connectivity index (χ2v) is 6.48. The summed E-state index contributed by atoms with van der Waals surface area (Å²) in [5.74, 6) is 0.873. The number of carbonyl (C=O) groups excluding carboxylic acids is 1. The van der Waals surface area contributed by atoms with Gasteiger partial charge in [0.15, 0.2) is 0 Å². The maximum absolute atomic E-state index is 12.1. The molecule has 1 aliphatic heterocycles. The second kappa shape index (κ2) is 7.40. The number of ether oxygens (including phenoxy) is 1. The number of carbonyl (C=O) groups is 1. The summed E-state index contributed by atoms with van der Waals surface area (Å²) in [5.41, 5.74) is 0. The molecule has 1 fully saturated rings. The molecule has 1 saturated heterocycles. The van der Waals surface area contributed by atoms with Crippen LogP contribution in [0.25, 0.3) is 0 Å². The van der Waals surface area contributed by atoms with Crippen LogP contribution < -0.4 is 5.32 Å². The number of urea groups is 1. The third kappa shape index (κ3) is 5.78. The first kappa shape index (κ1) is 17.4. The van der Waals surface area contributed by atoms with Crippen LogP contribution in [0.1, 0.15) is 20.8 Å². The van der Waals surface area contributed by atoms with Crippen molar-refractivity contribution >= 4 is 17.8 Å². The van der Waals surface area contributed by atoms with E-state index in [-0.39, 0.29) is 18.7 Å². The van der Waals surface area contributed by atoms with Gasteiger partial charge in [-0.3, -0.25) is 0 Å². The Labute approximate surface area is 121 Å². The summed E-state index contributed by atoms with van der Waals surface area (Å²) in [6, 6.07) is -0.591. The van der Waals surface area contributed by atoms with Crippen molar-refractivity contribution in [1.29, 1.82) is 0 Å². The van der Waals surface area contributed by atoms with Gasteiger partial charge in [0, 0.05) is 23.6 Å². The average molecular weight is 314 g/mol. The number of nitrogens with zero attached hydrogens (tertiary/aromatic N) is 1. The molecule has 1 heterocycles. The maximum atomic E-state index is 12.1. The number of hydrogen-bond donors (Lipinski definition) is 1. The van der Waals surface area contributed by atoms with Crippen molar-refractivity contribution < 1.29 is 22.7 Å². The fourth-order valence-electron chi connectivity index (χ4n) is 1.91. The molecular weight excluding hydrogens is 293 g/mol. The predicted molar refractivity (Wildman–Crippen MR) is 73.0 cm³/mol. The Morgan fingerprint density at radius 3 is 2.75 bits per heavy atom. The minimum atomic E-state index is -4.34. The van der Waals surface area contributed by atoms with Gasteiger partial charge in [-0.05, 0) is 13.8 Å². The number of alkyl halides is 3. The van der Waals surface area contributed by atoms with Gasteiger partial charge in [0.1, 0.15) is 6.61 Å². The van der Waals surface area contributed by atoms with Gasteiger partial charge in [-0.25, -0.2) is 4.79 Å². The van der Waals surface area contributed by atoms with Crippen LogP contribution in [0.2, 0.25) is 0 Å². The van der Waals surface area contributed by atoms with E-state index in [9.17, 15) is 18.0 Å². The van der Waals surface area contributed by atoms with E-state index in [0.717, 1.165) is 5.75 Å². The predicted octanol–water partition coefficient (Wildman–Crippen LogP) is 2.49. The summed E-state index contributed by atoms with van der Waals surface area (Å²) in [5, 5.41) is 3.03. The minimum Gasteiger partial charge on any atom is -0.370 e. The highest BCUT2D eigenvalue weighted by atomic mass is 32.2. The summed E-state index contributed by atoms with van der Waals surface area (Å²) >= 11 is 1.81. The van der Waals surface area contributed by atoms with E-state index in [4.69, 9.17) is 0 Å². The van der Waals surface area contributed by atoms with Crippen LogP contribution >= 0.6 is 11.8 Å². The molecule has 2 amide bonds. The Hall–Kier alpha value is -0.630. The largest absolute Gasteiger partial charge is 0.411 e. The van der Waals surface area contributed by atoms with Crippen LogP contribution in [0.15, 0.2) is 0 Å². The average Bonchev–Trinajstić information content (AvgIpc) is 2.30. The third-order valence-corrected chi connectivity index (χ3v) is 4.49. The van der Waals surface area contributed by atoms with Crippen LogP contribution in [0, 0.1) is 0 Å². The van der Waals surface area contributed by atoms with Crippen LogP contribution in [0.3, 0.4) is 0 Å². The topological polar surface area (TPSA) is 41.6 Å². The SMILES string of the molecule is C[C@@H]1[C@@H](C)SCCN1C(=O)N[C@@H](C)COCC(F)(F)F. The highest BCUT2D eigenvalue weighted by molar-refractivity contribution is 8.00. The van der Waals surface area contributed by atoms with Crippen molar-refractivity contribution in [2.75, 3.05) is 25.5 Å². The van der Waals surface area contributed by atoms with E-state index >= 15 is 0 Å². The Balaban J connectivity index is 2.34. The van der Waals surface area contributed by atoms with Gasteiger partial charge in [-0.1, -0.05) is 6.92 Å². The first-order chi connectivity index (χ1) is 9.20. The van der Waals surface area contributed by atoms with E-state index < -0.39 is 18.8 Å². The Bertz CT molecular complexity index is 328. The highest BCUT2D eigenvalue weighted by Gasteiger charge is 2.30. The van der Waals surface area contributed by atoms with Crippen molar-refractivity contribution in [2.24, 2.45) is 0 Å². The van der Waals surface area contributed by atoms with Crippen molar-refractivity contribution in [2.45, 2.75) is 44.3 Å². The number of hydrogen-bond acceptors (Lipinski definition) is 3. The molecule has 0 aliphatic carbocycles. The molecule has 0 aromatic carbocycles. The summed E-state index contributed by atoms with van der Waals surface area (Å²) in [6.07, 6.45) is -4.34. The van der Waals surface area contributed by atoms with E-state index in [1.165, 1.54) is 0 Å². The molecule has 0 unspecified atom stereocenters. The zero-order valence-corrected chi connectivity index (χ0v) is 12.7. The van der Waals surface area contributed by atoms with Crippen LogP contribution in [0.4, 0.5) is 18.0 Å². The molecule has 0 radical (unpaired) electrons. The van der Waals surface area contributed by atoms with Gasteiger partial charge in [-0.15, -0.1) is 0 Å². The van der Waals surface area contributed by atoms with Gasteiger partial charge in [0.2, 0.25) is 0 Å². The number of halogens is 3. The molecule has 0 aromatic heterocycles. The molecule has 0 spiro atoms. The summed E-state index contributed by atoms with van der Waals surface area (Å²) < 4.78 is 40.3. The fourth-order valence-corrected chi connectivity index (χ4v) is 3.01. The normalized spacial score (nSPS) is 25.4. The standard InChI is InChI=1S/C12H21F3N2O2S/c1-8(6-19-7-12(13,14)15)16-11(18)17-4-5-20-10(3)9(17)2/h8-10H,4-7H2,1-3H3,(H,16,18)/t8-,9+,10+/m0/s1. The van der Waals surface area contributed by atoms with Crippen molar-refractivity contribution in [3.05, 3.63) is 0 Å². The van der Waals surface area contributed by atoms with Crippen LogP contribution in [-0.2, 0) is 4.74 Å². The summed E-state index contributed by atoms with van der Waals surface area (Å²) in [6.45, 7) is 4.86. The summed E-state index contributed by atoms with van der Waals surface area (Å²) in [7, 11) is 0. The van der Waals surface area contributed by atoms with Crippen molar-refractivity contribution in [1.82, 2.24) is 10.2 Å². The van der Waals surface area contributed by atoms with Gasteiger partial charge in [-0.2, -0.15) is 24.9 Å². The number of nitrogens with one attached hydrogen (secondary N) is 1. The molecule has 20 heavy (non-hydrogen) atoms. The maximum Gasteiger partial charge on any atom is 0.411 e. The molecule has 1 rings (SSSR count). The smallest absolute Gasteiger partial charge is 0.370 e. The van der Waals surface area contributed by atoms with Crippen molar-refractivity contribution in [3.8, 4) is 0 Å². The zero-order chi connectivity index (χ0) is 15.3. The number of rotatable bonds is 4. The quantitative estimate of drug-likeness (QED) is 0.867. The minimum absolute atomic E-state index is 0.108. The molecule has 1 N–H and O–H groups in total. The first-order valence-electron chi connectivity index (χ1n) is 6.54. The molecule has 3 atom stereocenters. The van der Waals surface area contributed by atoms with Gasteiger partial charge in [0.05, 0.1) is 12.6 Å². The van der Waals surface area contributed by atoms with E-state index in [0.29, 0.717) is 11.8 Å². The summed E-state index contributed by atoms with van der Waals surface area (Å²) in [4.78, 5) is 13.8. The first-order valence-corrected chi connectivity index (χ1v) is 7.59. The van der Waals surface area contributed by atoms with Gasteiger partial charge < -0.3 is 15.0 Å². The molecule has 118 valence electrons. The lowest BCUT2D eigenvalue weighted by atomic mass is 10.2.